The molecule has 0 radical (unpaired) electrons. The van der Waals surface area contributed by atoms with Crippen LogP contribution in [-0.2, 0) is 11.3 Å². The van der Waals surface area contributed by atoms with Crippen molar-refractivity contribution in [2.45, 2.75) is 32.6 Å². The van der Waals surface area contributed by atoms with Crippen LogP contribution in [0.15, 0.2) is 18.2 Å². The summed E-state index contributed by atoms with van der Waals surface area (Å²) >= 11 is 0. The summed E-state index contributed by atoms with van der Waals surface area (Å²) < 4.78 is 18.6. The molecule has 1 fully saturated rings. The van der Waals surface area contributed by atoms with Crippen LogP contribution in [0.3, 0.4) is 0 Å². The average molecular weight is 253 g/mol. The normalized spacial score (nSPS) is 25.3. The molecule has 100 valence electrons. The van der Waals surface area contributed by atoms with Crippen LogP contribution >= 0.6 is 0 Å². The highest BCUT2D eigenvalue weighted by Gasteiger charge is 2.24. The predicted molar refractivity (Wildman–Crippen MR) is 67.8 cm³/mol. The SMILES string of the molecule is Cc1cc(F)ccc1CN1CC(C)OC(CO)C1. The Bertz CT molecular complexity index is 411. The van der Waals surface area contributed by atoms with Crippen molar-refractivity contribution in [2.75, 3.05) is 19.7 Å². The first kappa shape index (κ1) is 13.5. The van der Waals surface area contributed by atoms with Gasteiger partial charge in [-0.1, -0.05) is 6.07 Å². The highest BCUT2D eigenvalue weighted by molar-refractivity contribution is 5.26. The van der Waals surface area contributed by atoms with Gasteiger partial charge in [0.05, 0.1) is 18.8 Å². The number of aryl methyl sites for hydroxylation is 1. The van der Waals surface area contributed by atoms with Gasteiger partial charge < -0.3 is 9.84 Å². The third-order valence-electron chi connectivity index (χ3n) is 3.30. The van der Waals surface area contributed by atoms with Crippen molar-refractivity contribution in [2.24, 2.45) is 0 Å². The summed E-state index contributed by atoms with van der Waals surface area (Å²) in [4.78, 5) is 2.25. The molecule has 1 aromatic carbocycles. The fourth-order valence-electron chi connectivity index (χ4n) is 2.45. The van der Waals surface area contributed by atoms with Crippen LogP contribution in [-0.4, -0.2) is 41.9 Å². The first-order valence-electron chi connectivity index (χ1n) is 6.32. The molecule has 2 atom stereocenters. The molecular formula is C14H20FNO2. The van der Waals surface area contributed by atoms with Crippen molar-refractivity contribution in [3.63, 3.8) is 0 Å². The summed E-state index contributed by atoms with van der Waals surface area (Å²) in [6, 6.07) is 4.89. The molecule has 1 aliphatic heterocycles. The Morgan fingerprint density at radius 1 is 1.44 bits per heavy atom. The fraction of sp³-hybridized carbons (Fsp3) is 0.571. The topological polar surface area (TPSA) is 32.7 Å². The summed E-state index contributed by atoms with van der Waals surface area (Å²) in [5, 5.41) is 9.18. The van der Waals surface area contributed by atoms with Crippen molar-refractivity contribution < 1.29 is 14.2 Å². The van der Waals surface area contributed by atoms with Gasteiger partial charge in [0.2, 0.25) is 0 Å². The van der Waals surface area contributed by atoms with Gasteiger partial charge in [-0.3, -0.25) is 4.90 Å². The van der Waals surface area contributed by atoms with E-state index in [1.54, 1.807) is 6.07 Å². The maximum absolute atomic E-state index is 13.0. The van der Waals surface area contributed by atoms with Crippen LogP contribution in [0.5, 0.6) is 0 Å². The summed E-state index contributed by atoms with van der Waals surface area (Å²) in [6.07, 6.45) is 0.00570. The first-order valence-corrected chi connectivity index (χ1v) is 6.32. The lowest BCUT2D eigenvalue weighted by Crippen LogP contribution is -2.47. The molecule has 0 amide bonds. The lowest BCUT2D eigenvalue weighted by atomic mass is 10.1. The van der Waals surface area contributed by atoms with Gasteiger partial charge in [-0.15, -0.1) is 0 Å². The minimum Gasteiger partial charge on any atom is -0.394 e. The zero-order valence-electron chi connectivity index (χ0n) is 10.9. The number of ether oxygens (including phenoxy) is 1. The van der Waals surface area contributed by atoms with E-state index in [0.29, 0.717) is 0 Å². The number of aliphatic hydroxyl groups is 1. The molecule has 0 bridgehead atoms. The van der Waals surface area contributed by atoms with Crippen molar-refractivity contribution in [3.05, 3.63) is 35.1 Å². The van der Waals surface area contributed by atoms with E-state index in [-0.39, 0.29) is 24.6 Å². The van der Waals surface area contributed by atoms with E-state index in [9.17, 15) is 9.50 Å². The summed E-state index contributed by atoms with van der Waals surface area (Å²) in [5.41, 5.74) is 2.09. The minimum atomic E-state index is -0.195. The molecule has 1 heterocycles. The molecule has 1 aromatic rings. The Hall–Kier alpha value is -0.970. The monoisotopic (exact) mass is 253 g/mol. The number of aliphatic hydroxyl groups excluding tert-OH is 1. The number of hydrogen-bond donors (Lipinski definition) is 1. The van der Waals surface area contributed by atoms with Crippen LogP contribution in [0.4, 0.5) is 4.39 Å². The average Bonchev–Trinajstić information content (AvgIpc) is 2.32. The molecule has 1 aliphatic rings. The van der Waals surface area contributed by atoms with E-state index in [4.69, 9.17) is 4.74 Å². The van der Waals surface area contributed by atoms with Crippen LogP contribution in [0.1, 0.15) is 18.1 Å². The Balaban J connectivity index is 2.04. The van der Waals surface area contributed by atoms with Crippen molar-refractivity contribution in [1.82, 2.24) is 4.90 Å². The Morgan fingerprint density at radius 2 is 2.22 bits per heavy atom. The number of morpholine rings is 1. The van der Waals surface area contributed by atoms with Gasteiger partial charge in [-0.2, -0.15) is 0 Å². The molecule has 1 N–H and O–H groups in total. The molecule has 0 aromatic heterocycles. The van der Waals surface area contributed by atoms with Crippen LogP contribution in [0.25, 0.3) is 0 Å². The maximum atomic E-state index is 13.0. The van der Waals surface area contributed by atoms with E-state index in [2.05, 4.69) is 4.90 Å². The zero-order valence-corrected chi connectivity index (χ0v) is 10.9. The lowest BCUT2D eigenvalue weighted by molar-refractivity contribution is -0.0972. The second-order valence-corrected chi connectivity index (χ2v) is 5.02. The molecule has 2 unspecified atom stereocenters. The van der Waals surface area contributed by atoms with Gasteiger partial charge in [-0.05, 0) is 37.1 Å². The number of rotatable bonds is 3. The third-order valence-corrected chi connectivity index (χ3v) is 3.30. The molecule has 4 heteroatoms. The summed E-state index contributed by atoms with van der Waals surface area (Å²) in [6.45, 7) is 6.31. The van der Waals surface area contributed by atoms with Crippen LogP contribution < -0.4 is 0 Å². The van der Waals surface area contributed by atoms with Crippen LogP contribution in [0.2, 0.25) is 0 Å². The second kappa shape index (κ2) is 5.78. The van der Waals surface area contributed by atoms with Gasteiger partial charge >= 0.3 is 0 Å². The number of hydrogen-bond acceptors (Lipinski definition) is 3. The minimum absolute atomic E-state index is 0.0449. The van der Waals surface area contributed by atoms with E-state index >= 15 is 0 Å². The zero-order chi connectivity index (χ0) is 13.1. The molecule has 1 saturated heterocycles. The van der Waals surface area contributed by atoms with Gasteiger partial charge in [0.1, 0.15) is 5.82 Å². The molecule has 0 aliphatic carbocycles. The molecule has 3 nitrogen and oxygen atoms in total. The number of nitrogens with zero attached hydrogens (tertiary/aromatic N) is 1. The Kier molecular flexibility index (Phi) is 4.32. The lowest BCUT2D eigenvalue weighted by Gasteiger charge is -2.36. The Labute approximate surface area is 107 Å². The fourth-order valence-corrected chi connectivity index (χ4v) is 2.45. The molecule has 0 spiro atoms. The quantitative estimate of drug-likeness (QED) is 0.890. The highest BCUT2D eigenvalue weighted by Crippen LogP contribution is 2.17. The third kappa shape index (κ3) is 3.28. The standard InChI is InChI=1S/C14H20FNO2/c1-10-5-13(15)4-3-12(10)7-16-6-11(2)18-14(8-16)9-17/h3-5,11,14,17H,6-9H2,1-2H3. The van der Waals surface area contributed by atoms with Crippen LogP contribution in [0, 0.1) is 12.7 Å². The molecular weight excluding hydrogens is 233 g/mol. The molecule has 18 heavy (non-hydrogen) atoms. The van der Waals surface area contributed by atoms with E-state index < -0.39 is 0 Å². The van der Waals surface area contributed by atoms with Gasteiger partial charge in [0, 0.05) is 19.6 Å². The second-order valence-electron chi connectivity index (χ2n) is 5.02. The predicted octanol–water partition coefficient (Wildman–Crippen LogP) is 1.72. The molecule has 2 rings (SSSR count). The summed E-state index contributed by atoms with van der Waals surface area (Å²) in [7, 11) is 0. The van der Waals surface area contributed by atoms with Gasteiger partial charge in [0.15, 0.2) is 0 Å². The van der Waals surface area contributed by atoms with Gasteiger partial charge in [0.25, 0.3) is 0 Å². The molecule has 0 saturated carbocycles. The van der Waals surface area contributed by atoms with Gasteiger partial charge in [-0.25, -0.2) is 4.39 Å². The highest BCUT2D eigenvalue weighted by atomic mass is 19.1. The Morgan fingerprint density at radius 3 is 2.89 bits per heavy atom. The largest absolute Gasteiger partial charge is 0.394 e. The van der Waals surface area contributed by atoms with E-state index in [1.165, 1.54) is 6.07 Å². The first-order chi connectivity index (χ1) is 8.58. The smallest absolute Gasteiger partial charge is 0.123 e. The maximum Gasteiger partial charge on any atom is 0.123 e. The van der Waals surface area contributed by atoms with E-state index in [1.807, 2.05) is 19.9 Å². The van der Waals surface area contributed by atoms with Crippen molar-refractivity contribution in [3.8, 4) is 0 Å². The number of benzene rings is 1. The van der Waals surface area contributed by atoms with Crippen molar-refractivity contribution in [1.29, 1.82) is 0 Å². The summed E-state index contributed by atoms with van der Waals surface area (Å²) in [5.74, 6) is -0.195. The van der Waals surface area contributed by atoms with E-state index in [0.717, 1.165) is 30.8 Å². The van der Waals surface area contributed by atoms with Crippen molar-refractivity contribution >= 4 is 0 Å². The number of halogens is 1.